The van der Waals surface area contributed by atoms with Crippen LogP contribution >= 0.6 is 0 Å². The van der Waals surface area contributed by atoms with Crippen molar-refractivity contribution >= 4 is 22.8 Å². The molecule has 0 atom stereocenters. The molecule has 1 amide bonds. The van der Waals surface area contributed by atoms with Gasteiger partial charge in [-0.3, -0.25) is 24.7 Å². The van der Waals surface area contributed by atoms with Crippen LogP contribution in [0.4, 0.5) is 5.95 Å². The number of nitrogens with zero attached hydrogens (tertiary/aromatic N) is 4. The molecule has 41 heavy (non-hydrogen) atoms. The Kier molecular flexibility index (Phi) is 8.49. The number of imidazole rings is 1. The minimum absolute atomic E-state index is 0.190. The molecule has 0 radical (unpaired) electrons. The van der Waals surface area contributed by atoms with Gasteiger partial charge in [-0.2, -0.15) is 5.10 Å². The number of para-hydroxylation sites is 1. The number of aromatic amines is 1. The SMILES string of the molecule is O=C(Nc1nc(CCCCCCN2CCOCC2)cn1-c1ccccc1)c1ccccc1-c1ccc2[nH]ncc2c1. The molecule has 1 saturated heterocycles. The Balaban J connectivity index is 1.15. The number of rotatable bonds is 11. The Morgan fingerprint density at radius 2 is 1.73 bits per heavy atom. The third kappa shape index (κ3) is 6.56. The minimum Gasteiger partial charge on any atom is -0.379 e. The van der Waals surface area contributed by atoms with Crippen LogP contribution in [0, 0.1) is 0 Å². The largest absolute Gasteiger partial charge is 0.379 e. The van der Waals surface area contributed by atoms with E-state index < -0.39 is 0 Å². The third-order valence-corrected chi connectivity index (χ3v) is 7.70. The van der Waals surface area contributed by atoms with E-state index >= 15 is 0 Å². The van der Waals surface area contributed by atoms with Gasteiger partial charge in [0.2, 0.25) is 5.95 Å². The van der Waals surface area contributed by atoms with Crippen LogP contribution in [0.1, 0.15) is 41.7 Å². The number of amides is 1. The quantitative estimate of drug-likeness (QED) is 0.195. The van der Waals surface area contributed by atoms with Gasteiger partial charge in [0.1, 0.15) is 0 Å². The van der Waals surface area contributed by atoms with Gasteiger partial charge in [0.25, 0.3) is 5.91 Å². The van der Waals surface area contributed by atoms with Gasteiger partial charge >= 0.3 is 0 Å². The number of aryl methyl sites for hydroxylation is 1. The number of hydrogen-bond donors (Lipinski definition) is 2. The molecule has 2 aromatic heterocycles. The predicted octanol–water partition coefficient (Wildman–Crippen LogP) is 6.10. The topological polar surface area (TPSA) is 88.1 Å². The Morgan fingerprint density at radius 3 is 2.61 bits per heavy atom. The molecule has 0 bridgehead atoms. The van der Waals surface area contributed by atoms with Gasteiger partial charge in [-0.25, -0.2) is 4.98 Å². The lowest BCUT2D eigenvalue weighted by molar-refractivity contribution is 0.0371. The molecule has 5 aromatic rings. The summed E-state index contributed by atoms with van der Waals surface area (Å²) in [5.74, 6) is 0.342. The number of morpholine rings is 1. The van der Waals surface area contributed by atoms with Crippen molar-refractivity contribution < 1.29 is 9.53 Å². The molecule has 0 spiro atoms. The maximum absolute atomic E-state index is 13.7. The number of ether oxygens (including phenoxy) is 1. The highest BCUT2D eigenvalue weighted by Crippen LogP contribution is 2.28. The number of aromatic nitrogens is 4. The summed E-state index contributed by atoms with van der Waals surface area (Å²) in [6.45, 7) is 4.97. The first-order valence-corrected chi connectivity index (χ1v) is 14.5. The molecule has 6 rings (SSSR count). The summed E-state index contributed by atoms with van der Waals surface area (Å²) in [4.78, 5) is 21.1. The molecule has 0 unspecified atom stereocenters. The van der Waals surface area contributed by atoms with Gasteiger partial charge in [0, 0.05) is 35.9 Å². The van der Waals surface area contributed by atoms with E-state index in [-0.39, 0.29) is 5.91 Å². The summed E-state index contributed by atoms with van der Waals surface area (Å²) < 4.78 is 7.42. The van der Waals surface area contributed by atoms with E-state index in [1.165, 1.54) is 19.3 Å². The molecule has 210 valence electrons. The Hall–Kier alpha value is -4.27. The lowest BCUT2D eigenvalue weighted by Crippen LogP contribution is -2.36. The maximum atomic E-state index is 13.7. The Labute approximate surface area is 240 Å². The number of hydrogen-bond acceptors (Lipinski definition) is 5. The molecule has 3 heterocycles. The van der Waals surface area contributed by atoms with Gasteiger partial charge in [-0.1, -0.05) is 55.3 Å². The summed E-state index contributed by atoms with van der Waals surface area (Å²) in [7, 11) is 0. The summed E-state index contributed by atoms with van der Waals surface area (Å²) in [6, 6.07) is 23.8. The van der Waals surface area contributed by atoms with Crippen LogP contribution < -0.4 is 5.32 Å². The van der Waals surface area contributed by atoms with Gasteiger partial charge in [0.15, 0.2) is 0 Å². The molecule has 0 aliphatic carbocycles. The van der Waals surface area contributed by atoms with E-state index in [0.29, 0.717) is 11.5 Å². The van der Waals surface area contributed by atoms with Crippen molar-refractivity contribution in [2.24, 2.45) is 0 Å². The Morgan fingerprint density at radius 1 is 0.927 bits per heavy atom. The van der Waals surface area contributed by atoms with Crippen LogP contribution in [-0.2, 0) is 11.2 Å². The van der Waals surface area contributed by atoms with E-state index in [0.717, 1.165) is 79.1 Å². The van der Waals surface area contributed by atoms with Gasteiger partial charge in [0.05, 0.1) is 30.6 Å². The average molecular weight is 549 g/mol. The number of nitrogens with one attached hydrogen (secondary N) is 2. The molecule has 8 heteroatoms. The maximum Gasteiger partial charge on any atom is 0.258 e. The highest BCUT2D eigenvalue weighted by molar-refractivity contribution is 6.08. The first-order valence-electron chi connectivity index (χ1n) is 14.5. The van der Waals surface area contributed by atoms with Crippen molar-refractivity contribution in [2.45, 2.75) is 32.1 Å². The highest BCUT2D eigenvalue weighted by Gasteiger charge is 2.18. The van der Waals surface area contributed by atoms with Gasteiger partial charge in [-0.15, -0.1) is 0 Å². The molecular formula is C33H36N6O2. The van der Waals surface area contributed by atoms with Gasteiger partial charge in [-0.05, 0) is 67.3 Å². The van der Waals surface area contributed by atoms with E-state index in [2.05, 4.69) is 32.7 Å². The normalized spacial score (nSPS) is 14.0. The van der Waals surface area contributed by atoms with Crippen LogP contribution in [0.5, 0.6) is 0 Å². The lowest BCUT2D eigenvalue weighted by atomic mass is 9.98. The summed E-state index contributed by atoms with van der Waals surface area (Å²) in [6.07, 6.45) is 9.39. The van der Waals surface area contributed by atoms with E-state index in [4.69, 9.17) is 9.72 Å². The molecular weight excluding hydrogens is 512 g/mol. The zero-order valence-electron chi connectivity index (χ0n) is 23.3. The molecule has 1 aliphatic heterocycles. The van der Waals surface area contributed by atoms with Crippen molar-refractivity contribution in [3.63, 3.8) is 0 Å². The number of H-pyrrole nitrogens is 1. The van der Waals surface area contributed by atoms with E-state index in [1.54, 1.807) is 6.20 Å². The smallest absolute Gasteiger partial charge is 0.258 e. The fourth-order valence-electron chi connectivity index (χ4n) is 5.45. The van der Waals surface area contributed by atoms with Crippen molar-refractivity contribution in [1.82, 2.24) is 24.6 Å². The summed E-state index contributed by atoms with van der Waals surface area (Å²) in [5.41, 5.74) is 5.33. The molecule has 1 aliphatic rings. The average Bonchev–Trinajstić information content (AvgIpc) is 3.66. The summed E-state index contributed by atoms with van der Waals surface area (Å²) >= 11 is 0. The fraction of sp³-hybridized carbons (Fsp3) is 0.303. The molecule has 2 N–H and O–H groups in total. The third-order valence-electron chi connectivity index (χ3n) is 7.70. The van der Waals surface area contributed by atoms with Crippen molar-refractivity contribution in [1.29, 1.82) is 0 Å². The number of anilines is 1. The predicted molar refractivity (Wildman–Crippen MR) is 162 cm³/mol. The zero-order chi connectivity index (χ0) is 27.9. The first-order chi connectivity index (χ1) is 20.2. The second-order valence-corrected chi connectivity index (χ2v) is 10.6. The van der Waals surface area contributed by atoms with Crippen molar-refractivity contribution in [3.05, 3.63) is 96.4 Å². The van der Waals surface area contributed by atoms with Crippen LogP contribution in [0.25, 0.3) is 27.7 Å². The molecule has 8 nitrogen and oxygen atoms in total. The number of unbranched alkanes of at least 4 members (excludes halogenated alkanes) is 3. The Bertz CT molecular complexity index is 1590. The van der Waals surface area contributed by atoms with E-state index in [9.17, 15) is 4.79 Å². The zero-order valence-corrected chi connectivity index (χ0v) is 23.3. The number of fused-ring (bicyclic) bond motifs is 1. The standard InChI is InChI=1S/C33H36N6O2/c40-32(30-14-8-7-13-29(30)25-15-16-31-26(22-25)23-34-37-31)36-33-35-27(24-39(33)28-11-5-3-6-12-28)10-4-1-2-9-17-38-18-20-41-21-19-38/h3,5-8,11-16,22-24H,1-2,4,9-10,17-21H2,(H,34,37)(H,35,36,40). The van der Waals surface area contributed by atoms with Crippen LogP contribution in [0.2, 0.25) is 0 Å². The van der Waals surface area contributed by atoms with Crippen LogP contribution in [0.15, 0.2) is 85.2 Å². The number of carbonyl (C=O) groups is 1. The van der Waals surface area contributed by atoms with E-state index in [1.807, 2.05) is 71.3 Å². The molecule has 0 saturated carbocycles. The first kappa shape index (κ1) is 26.9. The van der Waals surface area contributed by atoms with Gasteiger partial charge < -0.3 is 4.74 Å². The monoisotopic (exact) mass is 548 g/mol. The summed E-state index contributed by atoms with van der Waals surface area (Å²) in [5, 5.41) is 11.2. The van der Waals surface area contributed by atoms with Crippen LogP contribution in [-0.4, -0.2) is 63.4 Å². The minimum atomic E-state index is -0.190. The number of benzene rings is 3. The van der Waals surface area contributed by atoms with Crippen molar-refractivity contribution in [3.8, 4) is 16.8 Å². The number of carbonyl (C=O) groups excluding carboxylic acids is 1. The van der Waals surface area contributed by atoms with Crippen LogP contribution in [0.3, 0.4) is 0 Å². The van der Waals surface area contributed by atoms with Crippen molar-refractivity contribution in [2.75, 3.05) is 38.2 Å². The molecule has 1 fully saturated rings. The second kappa shape index (κ2) is 12.9. The second-order valence-electron chi connectivity index (χ2n) is 10.6. The fourth-order valence-corrected chi connectivity index (χ4v) is 5.45. The highest BCUT2D eigenvalue weighted by atomic mass is 16.5. The molecule has 3 aromatic carbocycles. The lowest BCUT2D eigenvalue weighted by Gasteiger charge is -2.26.